The maximum absolute atomic E-state index is 11.3. The summed E-state index contributed by atoms with van der Waals surface area (Å²) in [6.45, 7) is 0.747. The van der Waals surface area contributed by atoms with Gasteiger partial charge >= 0.3 is 0 Å². The first kappa shape index (κ1) is 9.93. The Kier molecular flexibility index (Phi) is 3.15. The Bertz CT molecular complexity index is 356. The SMILES string of the molecule is O=C1C=COC[C@@H]1OCc1ccccc1. The molecule has 0 aliphatic carbocycles. The molecule has 1 aromatic carbocycles. The molecule has 78 valence electrons. The van der Waals surface area contributed by atoms with Crippen LogP contribution in [0.25, 0.3) is 0 Å². The van der Waals surface area contributed by atoms with Gasteiger partial charge in [0.15, 0.2) is 11.9 Å². The monoisotopic (exact) mass is 204 g/mol. The van der Waals surface area contributed by atoms with Crippen molar-refractivity contribution in [2.24, 2.45) is 0 Å². The molecule has 0 unspecified atom stereocenters. The molecule has 1 atom stereocenters. The number of ketones is 1. The summed E-state index contributed by atoms with van der Waals surface area (Å²) in [6, 6.07) is 9.75. The lowest BCUT2D eigenvalue weighted by Gasteiger charge is -2.17. The highest BCUT2D eigenvalue weighted by atomic mass is 16.5. The number of benzene rings is 1. The van der Waals surface area contributed by atoms with Crippen molar-refractivity contribution in [3.05, 3.63) is 48.2 Å². The van der Waals surface area contributed by atoms with Crippen LogP contribution in [0.4, 0.5) is 0 Å². The molecule has 0 saturated heterocycles. The third-order valence-electron chi connectivity index (χ3n) is 2.19. The Hall–Kier alpha value is -1.61. The third kappa shape index (κ3) is 2.67. The van der Waals surface area contributed by atoms with Crippen molar-refractivity contribution >= 4 is 5.78 Å². The first-order chi connectivity index (χ1) is 7.36. The van der Waals surface area contributed by atoms with Gasteiger partial charge in [0.25, 0.3) is 0 Å². The minimum Gasteiger partial charge on any atom is -0.498 e. The predicted molar refractivity (Wildman–Crippen MR) is 55.1 cm³/mol. The van der Waals surface area contributed by atoms with Crippen LogP contribution in [0.15, 0.2) is 42.7 Å². The smallest absolute Gasteiger partial charge is 0.190 e. The highest BCUT2D eigenvalue weighted by Gasteiger charge is 2.20. The van der Waals surface area contributed by atoms with Gasteiger partial charge in [-0.05, 0) is 5.56 Å². The lowest BCUT2D eigenvalue weighted by Crippen LogP contribution is -2.29. The number of rotatable bonds is 3. The van der Waals surface area contributed by atoms with Gasteiger partial charge in [-0.1, -0.05) is 30.3 Å². The summed E-state index contributed by atoms with van der Waals surface area (Å²) in [5.41, 5.74) is 1.06. The summed E-state index contributed by atoms with van der Waals surface area (Å²) in [6.07, 6.45) is 2.35. The fourth-order valence-electron chi connectivity index (χ4n) is 1.35. The molecular formula is C12H12O3. The minimum absolute atomic E-state index is 0.0304. The van der Waals surface area contributed by atoms with E-state index in [0.717, 1.165) is 5.56 Å². The van der Waals surface area contributed by atoms with Gasteiger partial charge in [-0.2, -0.15) is 0 Å². The standard InChI is InChI=1S/C12H12O3/c13-11-6-7-14-9-12(11)15-8-10-4-2-1-3-5-10/h1-7,12H,8-9H2/t12-/m0/s1. The average molecular weight is 204 g/mol. The van der Waals surface area contributed by atoms with E-state index in [1.165, 1.54) is 12.3 Å². The first-order valence-corrected chi connectivity index (χ1v) is 4.84. The molecule has 0 N–H and O–H groups in total. The van der Waals surface area contributed by atoms with Crippen LogP contribution < -0.4 is 0 Å². The molecule has 2 rings (SSSR count). The predicted octanol–water partition coefficient (Wildman–Crippen LogP) is 1.68. The molecule has 0 spiro atoms. The highest BCUT2D eigenvalue weighted by molar-refractivity contribution is 5.94. The van der Waals surface area contributed by atoms with E-state index >= 15 is 0 Å². The fourth-order valence-corrected chi connectivity index (χ4v) is 1.35. The van der Waals surface area contributed by atoms with Crippen LogP contribution in [0.1, 0.15) is 5.56 Å². The molecule has 1 aliphatic rings. The Labute approximate surface area is 88.3 Å². The van der Waals surface area contributed by atoms with Crippen LogP contribution in [-0.4, -0.2) is 18.5 Å². The molecule has 0 amide bonds. The summed E-state index contributed by atoms with van der Waals surface area (Å²) >= 11 is 0. The van der Waals surface area contributed by atoms with E-state index in [4.69, 9.17) is 9.47 Å². The van der Waals surface area contributed by atoms with Crippen LogP contribution in [0.2, 0.25) is 0 Å². The Morgan fingerprint density at radius 3 is 2.87 bits per heavy atom. The van der Waals surface area contributed by atoms with Gasteiger partial charge in [0.1, 0.15) is 6.61 Å². The second kappa shape index (κ2) is 4.75. The van der Waals surface area contributed by atoms with Crippen molar-refractivity contribution in [1.29, 1.82) is 0 Å². The van der Waals surface area contributed by atoms with E-state index in [9.17, 15) is 4.79 Å². The number of carbonyl (C=O) groups excluding carboxylic acids is 1. The number of ether oxygens (including phenoxy) is 2. The molecule has 1 aliphatic heterocycles. The summed E-state index contributed by atoms with van der Waals surface area (Å²) in [7, 11) is 0. The molecule has 0 bridgehead atoms. The summed E-state index contributed by atoms with van der Waals surface area (Å²) in [5, 5.41) is 0. The van der Waals surface area contributed by atoms with Crippen LogP contribution in [-0.2, 0) is 20.9 Å². The lowest BCUT2D eigenvalue weighted by atomic mass is 10.2. The van der Waals surface area contributed by atoms with Gasteiger partial charge in [0.05, 0.1) is 12.9 Å². The van der Waals surface area contributed by atoms with Gasteiger partial charge in [-0.25, -0.2) is 0 Å². The molecule has 0 radical (unpaired) electrons. The fraction of sp³-hybridized carbons (Fsp3) is 0.250. The van der Waals surface area contributed by atoms with E-state index < -0.39 is 6.10 Å². The van der Waals surface area contributed by atoms with Gasteiger partial charge in [0, 0.05) is 6.08 Å². The quantitative estimate of drug-likeness (QED) is 0.751. The van der Waals surface area contributed by atoms with Crippen LogP contribution >= 0.6 is 0 Å². The van der Waals surface area contributed by atoms with Crippen molar-refractivity contribution in [3.63, 3.8) is 0 Å². The summed E-state index contributed by atoms with van der Waals surface area (Å²) in [5.74, 6) is -0.0304. The van der Waals surface area contributed by atoms with Crippen molar-refractivity contribution in [1.82, 2.24) is 0 Å². The number of hydrogen-bond donors (Lipinski definition) is 0. The van der Waals surface area contributed by atoms with Crippen molar-refractivity contribution in [3.8, 4) is 0 Å². The topological polar surface area (TPSA) is 35.5 Å². The average Bonchev–Trinajstić information content (AvgIpc) is 2.29. The molecule has 3 heteroatoms. The minimum atomic E-state index is -0.463. The Balaban J connectivity index is 1.88. The van der Waals surface area contributed by atoms with E-state index in [-0.39, 0.29) is 5.78 Å². The van der Waals surface area contributed by atoms with Crippen LogP contribution in [0, 0.1) is 0 Å². The van der Waals surface area contributed by atoms with E-state index in [1.54, 1.807) is 0 Å². The maximum Gasteiger partial charge on any atom is 0.190 e. The van der Waals surface area contributed by atoms with Gasteiger partial charge in [-0.3, -0.25) is 4.79 Å². The third-order valence-corrected chi connectivity index (χ3v) is 2.19. The van der Waals surface area contributed by atoms with Crippen molar-refractivity contribution in [2.75, 3.05) is 6.61 Å². The normalized spacial score (nSPS) is 20.0. The van der Waals surface area contributed by atoms with Gasteiger partial charge in [0.2, 0.25) is 0 Å². The van der Waals surface area contributed by atoms with Crippen LogP contribution in [0.3, 0.4) is 0 Å². The largest absolute Gasteiger partial charge is 0.498 e. The molecule has 0 fully saturated rings. The lowest BCUT2D eigenvalue weighted by molar-refractivity contribution is -0.131. The molecule has 0 aromatic heterocycles. The molecule has 3 nitrogen and oxygen atoms in total. The zero-order chi connectivity index (χ0) is 10.5. The van der Waals surface area contributed by atoms with Gasteiger partial charge < -0.3 is 9.47 Å². The van der Waals surface area contributed by atoms with Crippen LogP contribution in [0.5, 0.6) is 0 Å². The molecule has 15 heavy (non-hydrogen) atoms. The number of hydrogen-bond acceptors (Lipinski definition) is 3. The first-order valence-electron chi connectivity index (χ1n) is 4.84. The summed E-state index contributed by atoms with van der Waals surface area (Å²) < 4.78 is 10.5. The van der Waals surface area contributed by atoms with E-state index in [0.29, 0.717) is 13.2 Å². The maximum atomic E-state index is 11.3. The molecular weight excluding hydrogens is 192 g/mol. The molecule has 0 saturated carbocycles. The van der Waals surface area contributed by atoms with E-state index in [2.05, 4.69) is 0 Å². The molecule has 1 aromatic rings. The summed E-state index contributed by atoms with van der Waals surface area (Å²) in [4.78, 5) is 11.3. The zero-order valence-corrected chi connectivity index (χ0v) is 8.26. The zero-order valence-electron chi connectivity index (χ0n) is 8.26. The van der Waals surface area contributed by atoms with Gasteiger partial charge in [-0.15, -0.1) is 0 Å². The second-order valence-corrected chi connectivity index (χ2v) is 3.32. The second-order valence-electron chi connectivity index (χ2n) is 3.32. The number of carbonyl (C=O) groups is 1. The van der Waals surface area contributed by atoms with Crippen molar-refractivity contribution in [2.45, 2.75) is 12.7 Å². The highest BCUT2D eigenvalue weighted by Crippen LogP contribution is 2.08. The van der Waals surface area contributed by atoms with E-state index in [1.807, 2.05) is 30.3 Å². The Morgan fingerprint density at radius 1 is 1.33 bits per heavy atom. The molecule has 1 heterocycles. The van der Waals surface area contributed by atoms with Crippen molar-refractivity contribution < 1.29 is 14.3 Å². The Morgan fingerprint density at radius 2 is 2.13 bits per heavy atom.